The summed E-state index contributed by atoms with van der Waals surface area (Å²) in [6, 6.07) is 6.26. The molecule has 1 aromatic heterocycles. The molecule has 1 fully saturated rings. The molecule has 0 radical (unpaired) electrons. The summed E-state index contributed by atoms with van der Waals surface area (Å²) in [5.41, 5.74) is 5.35. The van der Waals surface area contributed by atoms with Crippen molar-refractivity contribution in [1.82, 2.24) is 20.8 Å². The highest BCUT2D eigenvalue weighted by molar-refractivity contribution is 5.79. The summed E-state index contributed by atoms with van der Waals surface area (Å²) >= 11 is 0. The van der Waals surface area contributed by atoms with Crippen LogP contribution in [0.4, 0.5) is 19.1 Å². The van der Waals surface area contributed by atoms with Gasteiger partial charge in [-0.15, -0.1) is 0 Å². The van der Waals surface area contributed by atoms with E-state index in [1.54, 1.807) is 12.1 Å². The Morgan fingerprint density at radius 3 is 2.27 bits per heavy atom. The fraction of sp³-hybridized carbons (Fsp3) is 0.235. The lowest BCUT2D eigenvalue weighted by atomic mass is 10.1. The number of aromatic nitrogens is 2. The van der Waals surface area contributed by atoms with Gasteiger partial charge in [0.2, 0.25) is 5.95 Å². The van der Waals surface area contributed by atoms with E-state index >= 15 is 0 Å². The number of carbonyl (C=O) groups excluding carboxylic acids is 1. The van der Waals surface area contributed by atoms with Gasteiger partial charge in [-0.25, -0.2) is 14.4 Å². The Morgan fingerprint density at radius 1 is 1.12 bits per heavy atom. The first-order valence-electron chi connectivity index (χ1n) is 7.79. The summed E-state index contributed by atoms with van der Waals surface area (Å²) in [7, 11) is 0. The minimum atomic E-state index is -3.13. The second-order valence-electron chi connectivity index (χ2n) is 5.90. The quantitative estimate of drug-likeness (QED) is 0.659. The molecule has 1 heterocycles. The molecule has 0 atom stereocenters. The largest absolute Gasteiger partial charge is 0.345 e. The molecule has 0 bridgehead atoms. The van der Waals surface area contributed by atoms with Gasteiger partial charge in [-0.3, -0.25) is 15.6 Å². The predicted molar refractivity (Wildman–Crippen MR) is 89.3 cm³/mol. The van der Waals surface area contributed by atoms with Gasteiger partial charge in [-0.1, -0.05) is 18.7 Å². The first kappa shape index (κ1) is 17.7. The number of rotatable bonds is 7. The smallest absolute Gasteiger partial charge is 0.317 e. The van der Waals surface area contributed by atoms with Crippen molar-refractivity contribution < 1.29 is 18.0 Å². The molecule has 3 N–H and O–H groups in total. The number of anilines is 1. The van der Waals surface area contributed by atoms with Gasteiger partial charge in [-0.2, -0.15) is 8.78 Å². The van der Waals surface area contributed by atoms with Gasteiger partial charge in [0.15, 0.2) is 0 Å². The van der Waals surface area contributed by atoms with Gasteiger partial charge in [0.25, 0.3) is 0 Å². The molecule has 2 aromatic rings. The zero-order valence-corrected chi connectivity index (χ0v) is 13.6. The normalized spacial score (nSPS) is 14.6. The number of hydrogen-bond donors (Lipinski definition) is 3. The van der Waals surface area contributed by atoms with Crippen LogP contribution in [0.5, 0.6) is 0 Å². The molecule has 1 aliphatic rings. The van der Waals surface area contributed by atoms with E-state index in [1.807, 2.05) is 5.43 Å². The standard InChI is InChI=1S/C17H16F3N5O/c1-10(24-25-15(26)14(19)20)11-8-21-16(22-9-11)23-17(6-7-17)12-2-4-13(18)5-3-12/h2-5,8-9,14,24H,1,6-7H2,(H,25,26)(H,21,22,23). The lowest BCUT2D eigenvalue weighted by Crippen LogP contribution is -2.39. The van der Waals surface area contributed by atoms with Crippen molar-refractivity contribution in [2.24, 2.45) is 0 Å². The maximum Gasteiger partial charge on any atom is 0.317 e. The molecule has 136 valence electrons. The zero-order valence-electron chi connectivity index (χ0n) is 13.6. The van der Waals surface area contributed by atoms with E-state index in [1.165, 1.54) is 24.5 Å². The summed E-state index contributed by atoms with van der Waals surface area (Å²) in [6.45, 7) is 3.62. The molecular weight excluding hydrogens is 347 g/mol. The molecule has 1 aromatic carbocycles. The number of hydrazine groups is 1. The Hall–Kier alpha value is -3.10. The lowest BCUT2D eigenvalue weighted by Gasteiger charge is -2.18. The second-order valence-corrected chi connectivity index (χ2v) is 5.90. The van der Waals surface area contributed by atoms with Crippen LogP contribution < -0.4 is 16.2 Å². The van der Waals surface area contributed by atoms with Gasteiger partial charge in [0, 0.05) is 18.0 Å². The molecular formula is C17H16F3N5O. The van der Waals surface area contributed by atoms with Gasteiger partial charge < -0.3 is 5.32 Å². The average molecular weight is 363 g/mol. The van der Waals surface area contributed by atoms with Crippen molar-refractivity contribution >= 4 is 17.6 Å². The highest BCUT2D eigenvalue weighted by Crippen LogP contribution is 2.47. The van der Waals surface area contributed by atoms with Crippen molar-refractivity contribution in [1.29, 1.82) is 0 Å². The maximum atomic E-state index is 13.1. The summed E-state index contributed by atoms with van der Waals surface area (Å²) in [4.78, 5) is 19.2. The first-order valence-corrected chi connectivity index (χ1v) is 7.79. The third-order valence-electron chi connectivity index (χ3n) is 4.03. The Kier molecular flexibility index (Phi) is 4.79. The first-order chi connectivity index (χ1) is 12.4. The second kappa shape index (κ2) is 7.03. The summed E-state index contributed by atoms with van der Waals surface area (Å²) in [5.74, 6) is -1.38. The molecule has 1 aliphatic carbocycles. The van der Waals surface area contributed by atoms with Gasteiger partial charge >= 0.3 is 12.3 Å². The van der Waals surface area contributed by atoms with Gasteiger partial charge in [-0.05, 0) is 30.5 Å². The van der Waals surface area contributed by atoms with Crippen LogP contribution in [0.15, 0.2) is 43.2 Å². The Morgan fingerprint density at radius 2 is 1.73 bits per heavy atom. The summed E-state index contributed by atoms with van der Waals surface area (Å²) in [5, 5.41) is 3.23. The predicted octanol–water partition coefficient (Wildman–Crippen LogP) is 2.57. The van der Waals surface area contributed by atoms with E-state index < -0.39 is 12.3 Å². The average Bonchev–Trinajstić information content (AvgIpc) is 3.41. The minimum absolute atomic E-state index is 0.171. The highest BCUT2D eigenvalue weighted by Gasteiger charge is 2.45. The Balaban J connectivity index is 1.62. The van der Waals surface area contributed by atoms with Crippen LogP contribution in [0.3, 0.4) is 0 Å². The fourth-order valence-electron chi connectivity index (χ4n) is 2.41. The van der Waals surface area contributed by atoms with Crippen molar-refractivity contribution in [3.8, 4) is 0 Å². The van der Waals surface area contributed by atoms with Crippen LogP contribution in [0.25, 0.3) is 5.70 Å². The highest BCUT2D eigenvalue weighted by atomic mass is 19.3. The number of carbonyl (C=O) groups is 1. The molecule has 0 aliphatic heterocycles. The van der Waals surface area contributed by atoms with Crippen LogP contribution in [0, 0.1) is 5.82 Å². The van der Waals surface area contributed by atoms with Crippen molar-refractivity contribution in [2.75, 3.05) is 5.32 Å². The molecule has 0 spiro atoms. The Labute approximate surface area is 147 Å². The number of nitrogens with zero attached hydrogens (tertiary/aromatic N) is 2. The summed E-state index contributed by atoms with van der Waals surface area (Å²) in [6.07, 6.45) is 1.51. The topological polar surface area (TPSA) is 78.9 Å². The molecule has 3 rings (SSSR count). The van der Waals surface area contributed by atoms with Gasteiger partial charge in [0.05, 0.1) is 11.2 Å². The number of benzene rings is 1. The van der Waals surface area contributed by atoms with E-state index in [2.05, 4.69) is 27.3 Å². The molecule has 6 nitrogen and oxygen atoms in total. The number of alkyl halides is 2. The van der Waals surface area contributed by atoms with E-state index in [0.717, 1.165) is 18.4 Å². The van der Waals surface area contributed by atoms with Crippen LogP contribution >= 0.6 is 0 Å². The number of amides is 1. The van der Waals surface area contributed by atoms with E-state index in [-0.39, 0.29) is 17.1 Å². The molecule has 0 unspecified atom stereocenters. The fourth-order valence-corrected chi connectivity index (χ4v) is 2.41. The van der Waals surface area contributed by atoms with Crippen molar-refractivity contribution in [3.05, 3.63) is 60.2 Å². The SMILES string of the molecule is C=C(NNC(=O)C(F)F)c1cnc(NC2(c3ccc(F)cc3)CC2)nc1. The molecule has 26 heavy (non-hydrogen) atoms. The van der Waals surface area contributed by atoms with E-state index in [4.69, 9.17) is 0 Å². The van der Waals surface area contributed by atoms with E-state index in [0.29, 0.717) is 11.5 Å². The van der Waals surface area contributed by atoms with E-state index in [9.17, 15) is 18.0 Å². The van der Waals surface area contributed by atoms with Crippen LogP contribution in [0.2, 0.25) is 0 Å². The molecule has 0 saturated heterocycles. The maximum absolute atomic E-state index is 13.1. The van der Waals surface area contributed by atoms with Crippen LogP contribution in [0.1, 0.15) is 24.0 Å². The van der Waals surface area contributed by atoms with Crippen LogP contribution in [-0.4, -0.2) is 22.3 Å². The molecule has 9 heteroatoms. The zero-order chi connectivity index (χ0) is 18.7. The molecule has 1 amide bonds. The van der Waals surface area contributed by atoms with Crippen molar-refractivity contribution in [2.45, 2.75) is 24.8 Å². The molecule has 1 saturated carbocycles. The minimum Gasteiger partial charge on any atom is -0.345 e. The van der Waals surface area contributed by atoms with Crippen molar-refractivity contribution in [3.63, 3.8) is 0 Å². The van der Waals surface area contributed by atoms with Crippen LogP contribution in [-0.2, 0) is 10.3 Å². The number of nitrogens with one attached hydrogen (secondary N) is 3. The third-order valence-corrected chi connectivity index (χ3v) is 4.03. The number of hydrogen-bond acceptors (Lipinski definition) is 5. The monoisotopic (exact) mass is 363 g/mol. The lowest BCUT2D eigenvalue weighted by molar-refractivity contribution is -0.132. The number of halogens is 3. The summed E-state index contributed by atoms with van der Waals surface area (Å²) < 4.78 is 37.3. The van der Waals surface area contributed by atoms with Gasteiger partial charge in [0.1, 0.15) is 5.82 Å². The third kappa shape index (κ3) is 3.93. The Bertz CT molecular complexity index is 804.